The molecule has 0 bridgehead atoms. The van der Waals surface area contributed by atoms with E-state index >= 15 is 0 Å². The van der Waals surface area contributed by atoms with Crippen LogP contribution in [0.1, 0.15) is 27.2 Å². The zero-order chi connectivity index (χ0) is 24.9. The van der Waals surface area contributed by atoms with Crippen LogP contribution < -0.4 is 10.2 Å². The molecular weight excluding hydrogens is 473 g/mol. The van der Waals surface area contributed by atoms with Crippen molar-refractivity contribution in [3.63, 3.8) is 0 Å². The first-order valence-corrected chi connectivity index (χ1v) is 12.2. The Morgan fingerprint density at radius 3 is 2.47 bits per heavy atom. The lowest BCUT2D eigenvalue weighted by atomic mass is 10.1. The third-order valence-corrected chi connectivity index (χ3v) is 6.82. The van der Waals surface area contributed by atoms with Crippen LogP contribution in [0.5, 0.6) is 0 Å². The molecule has 36 heavy (non-hydrogen) atoms. The SMILES string of the molecule is O=C(NCc1ccccn1)c1ccc(/C=C2\Sc3ccccc3N(Cc3ccccc3F)C2=O)cc1. The van der Waals surface area contributed by atoms with Crippen LogP contribution in [0.4, 0.5) is 10.1 Å². The Hall–Kier alpha value is -4.23. The Balaban J connectivity index is 1.35. The van der Waals surface area contributed by atoms with Gasteiger partial charge in [-0.1, -0.05) is 60.3 Å². The lowest BCUT2D eigenvalue weighted by Crippen LogP contribution is -2.34. The normalized spacial score (nSPS) is 14.0. The van der Waals surface area contributed by atoms with Crippen LogP contribution in [-0.4, -0.2) is 16.8 Å². The zero-order valence-corrected chi connectivity index (χ0v) is 20.0. The molecule has 0 aliphatic carbocycles. The largest absolute Gasteiger partial charge is 0.346 e. The highest BCUT2D eigenvalue weighted by Crippen LogP contribution is 2.42. The van der Waals surface area contributed by atoms with Crippen molar-refractivity contribution in [3.05, 3.63) is 130 Å². The fourth-order valence-electron chi connectivity index (χ4n) is 3.87. The number of anilines is 1. The Bertz CT molecular complexity index is 1440. The number of halogens is 1. The van der Waals surface area contributed by atoms with Crippen molar-refractivity contribution in [2.75, 3.05) is 4.90 Å². The van der Waals surface area contributed by atoms with E-state index in [-0.39, 0.29) is 24.2 Å². The van der Waals surface area contributed by atoms with E-state index in [0.717, 1.165) is 21.8 Å². The number of nitrogens with one attached hydrogen (secondary N) is 1. The van der Waals surface area contributed by atoms with Gasteiger partial charge in [0.05, 0.1) is 29.4 Å². The second-order valence-corrected chi connectivity index (χ2v) is 9.27. The van der Waals surface area contributed by atoms with E-state index < -0.39 is 0 Å². The molecule has 5 nitrogen and oxygen atoms in total. The number of nitrogens with zero attached hydrogens (tertiary/aromatic N) is 2. The van der Waals surface area contributed by atoms with E-state index in [4.69, 9.17) is 0 Å². The lowest BCUT2D eigenvalue weighted by Gasteiger charge is -2.30. The number of para-hydroxylation sites is 1. The first-order chi connectivity index (χ1) is 17.6. The minimum Gasteiger partial charge on any atom is -0.346 e. The molecular formula is C29H22FN3O2S. The average molecular weight is 496 g/mol. The van der Waals surface area contributed by atoms with Gasteiger partial charge in [-0.15, -0.1) is 0 Å². The van der Waals surface area contributed by atoms with Gasteiger partial charge in [0.25, 0.3) is 11.8 Å². The Labute approximate surface area is 212 Å². The summed E-state index contributed by atoms with van der Waals surface area (Å²) in [5, 5.41) is 2.86. The van der Waals surface area contributed by atoms with Crippen LogP contribution in [0.15, 0.2) is 107 Å². The Morgan fingerprint density at radius 1 is 0.944 bits per heavy atom. The van der Waals surface area contributed by atoms with Gasteiger partial charge in [-0.2, -0.15) is 0 Å². The highest BCUT2D eigenvalue weighted by molar-refractivity contribution is 8.04. The summed E-state index contributed by atoms with van der Waals surface area (Å²) in [6.07, 6.45) is 3.48. The van der Waals surface area contributed by atoms with E-state index in [1.165, 1.54) is 17.8 Å². The van der Waals surface area contributed by atoms with Gasteiger partial charge in [-0.3, -0.25) is 14.6 Å². The Morgan fingerprint density at radius 2 is 1.69 bits per heavy atom. The second-order valence-electron chi connectivity index (χ2n) is 8.19. The molecule has 3 aromatic carbocycles. The molecule has 4 aromatic rings. The predicted octanol–water partition coefficient (Wildman–Crippen LogP) is 5.83. The standard InChI is InChI=1S/C29H22FN3O2S/c30-24-9-2-1-7-22(24)19-33-25-10-3-4-11-26(25)36-27(29(33)35)17-20-12-14-21(15-13-20)28(34)32-18-23-8-5-6-16-31-23/h1-17H,18-19H2,(H,32,34)/b27-17-. The molecule has 1 N–H and O–H groups in total. The molecule has 2 amide bonds. The number of hydrogen-bond donors (Lipinski definition) is 1. The number of carbonyl (C=O) groups is 2. The number of carbonyl (C=O) groups excluding carboxylic acids is 2. The van der Waals surface area contributed by atoms with Crippen LogP contribution in [-0.2, 0) is 17.9 Å². The van der Waals surface area contributed by atoms with Gasteiger partial charge in [-0.05, 0) is 54.1 Å². The van der Waals surface area contributed by atoms with Gasteiger partial charge >= 0.3 is 0 Å². The monoisotopic (exact) mass is 495 g/mol. The number of rotatable bonds is 6. The fourth-order valence-corrected chi connectivity index (χ4v) is 4.93. The molecule has 0 fully saturated rings. The van der Waals surface area contributed by atoms with E-state index in [9.17, 15) is 14.0 Å². The maximum absolute atomic E-state index is 14.4. The molecule has 2 heterocycles. The number of aromatic nitrogens is 1. The summed E-state index contributed by atoms with van der Waals surface area (Å²) >= 11 is 1.38. The van der Waals surface area contributed by atoms with Gasteiger partial charge in [0.2, 0.25) is 0 Å². The van der Waals surface area contributed by atoms with Crippen molar-refractivity contribution < 1.29 is 14.0 Å². The van der Waals surface area contributed by atoms with Crippen LogP contribution in [0.2, 0.25) is 0 Å². The van der Waals surface area contributed by atoms with E-state index in [1.54, 1.807) is 59.6 Å². The van der Waals surface area contributed by atoms with E-state index in [1.807, 2.05) is 42.5 Å². The number of thioether (sulfide) groups is 1. The molecule has 0 atom stereocenters. The number of fused-ring (bicyclic) bond motifs is 1. The second kappa shape index (κ2) is 10.6. The number of benzene rings is 3. The van der Waals surface area contributed by atoms with Gasteiger partial charge in [-0.25, -0.2) is 4.39 Å². The molecule has 1 aliphatic heterocycles. The smallest absolute Gasteiger partial charge is 0.265 e. The zero-order valence-electron chi connectivity index (χ0n) is 19.2. The molecule has 0 saturated carbocycles. The van der Waals surface area contributed by atoms with Crippen molar-refractivity contribution in [3.8, 4) is 0 Å². The van der Waals surface area contributed by atoms with Crippen molar-refractivity contribution >= 4 is 35.3 Å². The molecule has 0 saturated heterocycles. The quantitative estimate of drug-likeness (QED) is 0.342. The maximum atomic E-state index is 14.4. The van der Waals surface area contributed by atoms with Crippen molar-refractivity contribution in [1.29, 1.82) is 0 Å². The molecule has 7 heteroatoms. The third kappa shape index (κ3) is 5.21. The van der Waals surface area contributed by atoms with Crippen molar-refractivity contribution in [2.45, 2.75) is 18.0 Å². The van der Waals surface area contributed by atoms with Crippen molar-refractivity contribution in [2.24, 2.45) is 0 Å². The summed E-state index contributed by atoms with van der Waals surface area (Å²) in [5.74, 6) is -0.740. The highest BCUT2D eigenvalue weighted by Gasteiger charge is 2.29. The summed E-state index contributed by atoms with van der Waals surface area (Å²) in [5.41, 5.74) is 3.29. The molecule has 1 aliphatic rings. The molecule has 0 unspecified atom stereocenters. The van der Waals surface area contributed by atoms with Gasteiger partial charge < -0.3 is 10.2 Å². The topological polar surface area (TPSA) is 62.3 Å². The number of pyridine rings is 1. The summed E-state index contributed by atoms with van der Waals surface area (Å²) in [4.78, 5) is 33.2. The van der Waals surface area contributed by atoms with Crippen molar-refractivity contribution in [1.82, 2.24) is 10.3 Å². The minimum absolute atomic E-state index is 0.135. The summed E-state index contributed by atoms with van der Waals surface area (Å²) < 4.78 is 14.4. The number of hydrogen-bond acceptors (Lipinski definition) is 4. The van der Waals surface area contributed by atoms with Crippen LogP contribution >= 0.6 is 11.8 Å². The van der Waals surface area contributed by atoms with Crippen LogP contribution in [0.25, 0.3) is 6.08 Å². The molecule has 178 valence electrons. The minimum atomic E-state index is -0.344. The molecule has 0 spiro atoms. The van der Waals surface area contributed by atoms with E-state index in [0.29, 0.717) is 22.6 Å². The third-order valence-electron chi connectivity index (χ3n) is 5.75. The van der Waals surface area contributed by atoms with Crippen LogP contribution in [0, 0.1) is 5.82 Å². The molecule has 5 rings (SSSR count). The first kappa shape index (κ1) is 23.5. The predicted molar refractivity (Wildman–Crippen MR) is 140 cm³/mol. The molecule has 1 aromatic heterocycles. The first-order valence-electron chi connectivity index (χ1n) is 11.4. The van der Waals surface area contributed by atoms with Crippen LogP contribution in [0.3, 0.4) is 0 Å². The Kier molecular flexibility index (Phi) is 6.91. The lowest BCUT2D eigenvalue weighted by molar-refractivity contribution is -0.114. The van der Waals surface area contributed by atoms with E-state index in [2.05, 4.69) is 10.3 Å². The highest BCUT2D eigenvalue weighted by atomic mass is 32.2. The van der Waals surface area contributed by atoms with Gasteiger partial charge in [0.15, 0.2) is 0 Å². The number of amides is 2. The fraction of sp³-hybridized carbons (Fsp3) is 0.0690. The van der Waals surface area contributed by atoms with Gasteiger partial charge in [0.1, 0.15) is 5.82 Å². The maximum Gasteiger partial charge on any atom is 0.265 e. The van der Waals surface area contributed by atoms with Gasteiger partial charge in [0, 0.05) is 22.2 Å². The summed E-state index contributed by atoms with van der Waals surface area (Å²) in [6, 6.07) is 26.7. The summed E-state index contributed by atoms with van der Waals surface area (Å²) in [6.45, 7) is 0.476. The summed E-state index contributed by atoms with van der Waals surface area (Å²) in [7, 11) is 0. The average Bonchev–Trinajstić information content (AvgIpc) is 2.91. The molecule has 0 radical (unpaired) electrons.